The van der Waals surface area contributed by atoms with Crippen molar-refractivity contribution < 1.29 is 19.2 Å². The Morgan fingerprint density at radius 3 is 2.40 bits per heavy atom. The second-order valence-electron chi connectivity index (χ2n) is 9.23. The Hall–Kier alpha value is -2.08. The highest BCUT2D eigenvalue weighted by Gasteiger charge is 2.26. The zero-order valence-electron chi connectivity index (χ0n) is 22.1. The van der Waals surface area contributed by atoms with Crippen LogP contribution in [-0.4, -0.2) is 116 Å². The highest BCUT2D eigenvalue weighted by atomic mass is 16.2. The van der Waals surface area contributed by atoms with Gasteiger partial charge in [-0.1, -0.05) is 13.8 Å². The summed E-state index contributed by atoms with van der Waals surface area (Å²) in [4.78, 5) is 54.7. The van der Waals surface area contributed by atoms with Crippen LogP contribution in [0.25, 0.3) is 0 Å². The maximum absolute atomic E-state index is 13.0. The zero-order chi connectivity index (χ0) is 26.2. The van der Waals surface area contributed by atoms with Crippen LogP contribution in [-0.2, 0) is 19.2 Å². The van der Waals surface area contributed by atoms with Crippen molar-refractivity contribution in [3.05, 3.63) is 0 Å². The first-order valence-electron chi connectivity index (χ1n) is 12.9. The summed E-state index contributed by atoms with van der Waals surface area (Å²) in [7, 11) is 2.08. The second kappa shape index (κ2) is 17.4. The van der Waals surface area contributed by atoms with E-state index in [1.54, 1.807) is 0 Å². The lowest BCUT2D eigenvalue weighted by molar-refractivity contribution is -0.139. The summed E-state index contributed by atoms with van der Waals surface area (Å²) in [5.41, 5.74) is 6.18. The van der Waals surface area contributed by atoms with E-state index in [-0.39, 0.29) is 38.0 Å². The van der Waals surface area contributed by atoms with Crippen LogP contribution >= 0.6 is 0 Å². The number of imide groups is 1. The molecule has 1 aliphatic rings. The van der Waals surface area contributed by atoms with Gasteiger partial charge in [0.1, 0.15) is 6.54 Å². The fraction of sp³-hybridized carbons (Fsp3) is 0.833. The molecule has 0 aromatic carbocycles. The van der Waals surface area contributed by atoms with E-state index >= 15 is 0 Å². The van der Waals surface area contributed by atoms with Crippen LogP contribution in [0.1, 0.15) is 52.9 Å². The van der Waals surface area contributed by atoms with Crippen molar-refractivity contribution in [2.75, 3.05) is 66.0 Å². The van der Waals surface area contributed by atoms with Crippen molar-refractivity contribution in [1.29, 1.82) is 0 Å². The SMILES string of the molecule is CCN(CC)CCCNCC(=O)NC(=O)CN(CCNC(C)=O)C(=O)C(N)CCC1CCCN1C. The Balaban J connectivity index is 2.49. The minimum atomic E-state index is -0.739. The molecule has 35 heavy (non-hydrogen) atoms. The molecule has 5 N–H and O–H groups in total. The zero-order valence-corrected chi connectivity index (χ0v) is 22.1. The van der Waals surface area contributed by atoms with Gasteiger partial charge in [-0.05, 0) is 71.9 Å². The fourth-order valence-electron chi connectivity index (χ4n) is 4.29. The van der Waals surface area contributed by atoms with Crippen LogP contribution in [0.4, 0.5) is 0 Å². The minimum absolute atomic E-state index is 0.0260. The molecule has 4 amide bonds. The van der Waals surface area contributed by atoms with Crippen LogP contribution in [0.2, 0.25) is 0 Å². The summed E-state index contributed by atoms with van der Waals surface area (Å²) in [5, 5.41) is 8.00. The van der Waals surface area contributed by atoms with E-state index < -0.39 is 17.9 Å². The van der Waals surface area contributed by atoms with Crippen molar-refractivity contribution in [3.8, 4) is 0 Å². The van der Waals surface area contributed by atoms with Gasteiger partial charge in [0.2, 0.25) is 23.6 Å². The normalized spacial score (nSPS) is 16.8. The number of amides is 4. The average Bonchev–Trinajstić information content (AvgIpc) is 3.22. The Kier molecular flexibility index (Phi) is 15.4. The molecule has 0 radical (unpaired) electrons. The molecule has 0 aromatic heterocycles. The minimum Gasteiger partial charge on any atom is -0.355 e. The summed E-state index contributed by atoms with van der Waals surface area (Å²) in [6.45, 7) is 10.3. The van der Waals surface area contributed by atoms with Gasteiger partial charge in [0.15, 0.2) is 0 Å². The Labute approximate surface area is 210 Å². The van der Waals surface area contributed by atoms with Crippen molar-refractivity contribution in [2.45, 2.75) is 65.0 Å². The summed E-state index contributed by atoms with van der Waals surface area (Å²) < 4.78 is 0. The molecule has 0 spiro atoms. The van der Waals surface area contributed by atoms with E-state index in [4.69, 9.17) is 5.73 Å². The van der Waals surface area contributed by atoms with Gasteiger partial charge < -0.3 is 31.1 Å². The summed E-state index contributed by atoms with van der Waals surface area (Å²) >= 11 is 0. The van der Waals surface area contributed by atoms with Crippen molar-refractivity contribution in [1.82, 2.24) is 30.7 Å². The first kappa shape index (κ1) is 31.0. The predicted octanol–water partition coefficient (Wildman–Crippen LogP) is -0.883. The lowest BCUT2D eigenvalue weighted by atomic mass is 10.0. The summed E-state index contributed by atoms with van der Waals surface area (Å²) in [6, 6.07) is -0.320. The number of hydrogen-bond donors (Lipinski definition) is 4. The molecule has 0 bridgehead atoms. The first-order chi connectivity index (χ1) is 16.7. The largest absolute Gasteiger partial charge is 0.355 e. The van der Waals surface area contributed by atoms with Crippen molar-refractivity contribution >= 4 is 23.6 Å². The molecule has 1 fully saturated rings. The van der Waals surface area contributed by atoms with Crippen molar-refractivity contribution in [3.63, 3.8) is 0 Å². The Bertz CT molecular complexity index is 672. The lowest BCUT2D eigenvalue weighted by Crippen LogP contribution is -2.51. The van der Waals surface area contributed by atoms with Crippen LogP contribution in [0.3, 0.4) is 0 Å². The average molecular weight is 498 g/mol. The molecule has 1 aliphatic heterocycles. The number of nitrogens with one attached hydrogen (secondary N) is 3. The molecule has 0 aliphatic carbocycles. The topological polar surface area (TPSA) is 140 Å². The number of nitrogens with zero attached hydrogens (tertiary/aromatic N) is 3. The van der Waals surface area contributed by atoms with Crippen LogP contribution < -0.4 is 21.7 Å². The molecule has 202 valence electrons. The van der Waals surface area contributed by atoms with E-state index in [9.17, 15) is 19.2 Å². The van der Waals surface area contributed by atoms with Crippen LogP contribution in [0.15, 0.2) is 0 Å². The Morgan fingerprint density at radius 2 is 1.80 bits per heavy atom. The van der Waals surface area contributed by atoms with Gasteiger partial charge >= 0.3 is 0 Å². The number of carbonyl (C=O) groups is 4. The van der Waals surface area contributed by atoms with E-state index in [0.29, 0.717) is 19.0 Å². The van der Waals surface area contributed by atoms with E-state index in [0.717, 1.165) is 51.9 Å². The molecule has 1 rings (SSSR count). The van der Waals surface area contributed by atoms with Crippen LogP contribution in [0, 0.1) is 0 Å². The monoisotopic (exact) mass is 497 g/mol. The van der Waals surface area contributed by atoms with Gasteiger partial charge in [-0.25, -0.2) is 0 Å². The van der Waals surface area contributed by atoms with Crippen molar-refractivity contribution in [2.24, 2.45) is 5.73 Å². The van der Waals surface area contributed by atoms with Crippen LogP contribution in [0.5, 0.6) is 0 Å². The number of likely N-dealkylation sites (tertiary alicyclic amines) is 1. The quantitative estimate of drug-likeness (QED) is 0.190. The third-order valence-corrected chi connectivity index (χ3v) is 6.49. The maximum Gasteiger partial charge on any atom is 0.246 e. The standard InChI is InChI=1S/C24H47N7O4/c1-5-30(6-2)15-8-12-26-17-22(33)28-23(34)18-31(16-13-27-19(3)32)24(35)21(25)11-10-20-9-7-14-29(20)4/h20-21,26H,5-18,25H2,1-4H3,(H,27,32)(H,28,33,34). The molecule has 2 unspecified atom stereocenters. The molecule has 11 heteroatoms. The van der Waals surface area contributed by atoms with E-state index in [2.05, 4.69) is 46.6 Å². The van der Waals surface area contributed by atoms with Gasteiger partial charge in [0, 0.05) is 26.1 Å². The first-order valence-corrected chi connectivity index (χ1v) is 12.9. The summed E-state index contributed by atoms with van der Waals surface area (Å²) in [6.07, 6.45) is 4.47. The number of rotatable bonds is 17. The number of carbonyl (C=O) groups excluding carboxylic acids is 4. The fourth-order valence-corrected chi connectivity index (χ4v) is 4.29. The molecule has 0 aromatic rings. The number of nitrogens with two attached hydrogens (primary N) is 1. The highest BCUT2D eigenvalue weighted by Crippen LogP contribution is 2.19. The maximum atomic E-state index is 13.0. The second-order valence-corrected chi connectivity index (χ2v) is 9.23. The lowest BCUT2D eigenvalue weighted by Gasteiger charge is -2.26. The van der Waals surface area contributed by atoms with E-state index in [1.807, 2.05) is 0 Å². The summed E-state index contributed by atoms with van der Waals surface area (Å²) in [5.74, 6) is -1.59. The van der Waals surface area contributed by atoms with Gasteiger partial charge in [0.05, 0.1) is 12.6 Å². The molecular formula is C24H47N7O4. The molecular weight excluding hydrogens is 450 g/mol. The highest BCUT2D eigenvalue weighted by molar-refractivity contribution is 5.98. The Morgan fingerprint density at radius 1 is 1.09 bits per heavy atom. The molecule has 0 saturated carbocycles. The smallest absolute Gasteiger partial charge is 0.246 e. The van der Waals surface area contributed by atoms with Gasteiger partial charge in [-0.15, -0.1) is 0 Å². The molecule has 1 saturated heterocycles. The molecule has 2 atom stereocenters. The van der Waals surface area contributed by atoms with Gasteiger partial charge in [-0.3, -0.25) is 24.5 Å². The van der Waals surface area contributed by atoms with Gasteiger partial charge in [0.25, 0.3) is 0 Å². The molecule has 11 nitrogen and oxygen atoms in total. The predicted molar refractivity (Wildman–Crippen MR) is 137 cm³/mol. The third-order valence-electron chi connectivity index (χ3n) is 6.49. The molecule has 1 heterocycles. The van der Waals surface area contributed by atoms with Gasteiger partial charge in [-0.2, -0.15) is 0 Å². The van der Waals surface area contributed by atoms with E-state index in [1.165, 1.54) is 11.8 Å². The third kappa shape index (κ3) is 13.0. The number of hydrogen-bond acceptors (Lipinski definition) is 8.